The molecule has 0 saturated heterocycles. The summed E-state index contributed by atoms with van der Waals surface area (Å²) >= 11 is 0. The molecule has 4 heteroatoms. The molecule has 52 valence electrons. The first kappa shape index (κ1) is 8.30. The first-order chi connectivity index (χ1) is 4.18. The van der Waals surface area contributed by atoms with Gasteiger partial charge in [-0.25, -0.2) is 5.41 Å². The van der Waals surface area contributed by atoms with E-state index in [4.69, 9.17) is 14.9 Å². The minimum absolute atomic E-state index is 1.04. The highest BCUT2D eigenvalue weighted by atomic mass is 16.7. The Balaban J connectivity index is 4.08. The van der Waals surface area contributed by atoms with Crippen molar-refractivity contribution in [2.75, 3.05) is 14.2 Å². The first-order valence-electron chi connectivity index (χ1n) is 2.42. The highest BCUT2D eigenvalue weighted by Crippen LogP contribution is 2.08. The summed E-state index contributed by atoms with van der Waals surface area (Å²) in [5, 5.41) is 6.49. The Morgan fingerprint density at radius 3 is 2.00 bits per heavy atom. The summed E-state index contributed by atoms with van der Waals surface area (Å²) < 4.78 is 9.51. The lowest BCUT2D eigenvalue weighted by atomic mass is 10.6. The Hall–Kier alpha value is -0.700. The van der Waals surface area contributed by atoms with Crippen LogP contribution < -0.4 is 0 Å². The zero-order valence-corrected chi connectivity index (χ0v) is 5.76. The molecule has 0 aromatic heterocycles. The zero-order valence-electron chi connectivity index (χ0n) is 5.76. The summed E-state index contributed by atoms with van der Waals surface area (Å²) in [6, 6.07) is 1.84. The zero-order chi connectivity index (χ0) is 7.33. The van der Waals surface area contributed by atoms with Gasteiger partial charge in [0, 0.05) is 21.1 Å². The van der Waals surface area contributed by atoms with Gasteiger partial charge in [-0.3, -0.25) is 0 Å². The third-order valence-corrected chi connectivity index (χ3v) is 1.02. The summed E-state index contributed by atoms with van der Waals surface area (Å²) in [4.78, 5) is 3.47. The molecule has 0 aromatic rings. The molecule has 4 nitrogen and oxygen atoms in total. The van der Waals surface area contributed by atoms with Crippen LogP contribution in [-0.4, -0.2) is 26.1 Å². The maximum Gasteiger partial charge on any atom is 0.275 e. The lowest BCUT2D eigenvalue weighted by Crippen LogP contribution is -2.26. The maximum atomic E-state index is 6.49. The van der Waals surface area contributed by atoms with Gasteiger partial charge in [-0.2, -0.15) is 4.99 Å². The lowest BCUT2D eigenvalue weighted by molar-refractivity contribution is -0.185. The van der Waals surface area contributed by atoms with Crippen LogP contribution in [0.2, 0.25) is 0 Å². The Morgan fingerprint density at radius 2 is 1.89 bits per heavy atom. The number of aliphatic imine (C=N–C) groups is 1. The van der Waals surface area contributed by atoms with Crippen LogP contribution in [0.15, 0.2) is 4.99 Å². The van der Waals surface area contributed by atoms with E-state index in [-0.39, 0.29) is 0 Å². The van der Waals surface area contributed by atoms with E-state index >= 15 is 0 Å². The molecule has 0 bridgehead atoms. The Labute approximate surface area is 54.0 Å². The molecule has 9 heavy (non-hydrogen) atoms. The van der Waals surface area contributed by atoms with Gasteiger partial charge in [0.1, 0.15) is 0 Å². The van der Waals surface area contributed by atoms with Crippen LogP contribution in [0.5, 0.6) is 0 Å². The van der Waals surface area contributed by atoms with Gasteiger partial charge >= 0.3 is 0 Å². The largest absolute Gasteiger partial charge is 0.335 e. The molecule has 0 rings (SSSR count). The summed E-state index contributed by atoms with van der Waals surface area (Å²) in [5.41, 5.74) is 0. The normalized spacial score (nSPS) is 10.6. The third-order valence-electron chi connectivity index (χ3n) is 1.02. The molecule has 0 radical (unpaired) electrons. The van der Waals surface area contributed by atoms with E-state index in [1.54, 1.807) is 6.92 Å². The standard InChI is InChI=1S/C5H10N2O2/c1-5(8-2,9-3)7-4-6/h6H,1-3H3. The predicted octanol–water partition coefficient (Wildman–Crippen LogP) is 0.706. The van der Waals surface area contributed by atoms with E-state index in [0.29, 0.717) is 0 Å². The molecule has 1 N–H and O–H groups in total. The quantitative estimate of drug-likeness (QED) is 0.451. The minimum atomic E-state index is -1.04. The maximum absolute atomic E-state index is 6.49. The predicted molar refractivity (Wildman–Crippen MR) is 32.6 cm³/mol. The number of methoxy groups -OCH3 is 2. The van der Waals surface area contributed by atoms with Gasteiger partial charge in [0.15, 0.2) is 0 Å². The lowest BCUT2D eigenvalue weighted by Gasteiger charge is -2.18. The second-order valence-electron chi connectivity index (χ2n) is 1.53. The molecule has 0 aliphatic rings. The van der Waals surface area contributed by atoms with E-state index < -0.39 is 5.91 Å². The van der Waals surface area contributed by atoms with Crippen molar-refractivity contribution in [1.82, 2.24) is 0 Å². The fourth-order valence-electron chi connectivity index (χ4n) is 0.276. The van der Waals surface area contributed by atoms with Gasteiger partial charge in [-0.15, -0.1) is 0 Å². The second kappa shape index (κ2) is 3.35. The second-order valence-corrected chi connectivity index (χ2v) is 1.53. The molecule has 0 heterocycles. The van der Waals surface area contributed by atoms with Gasteiger partial charge in [0.2, 0.25) is 0 Å². The van der Waals surface area contributed by atoms with Gasteiger partial charge in [0.05, 0.1) is 6.01 Å². The monoisotopic (exact) mass is 130 g/mol. The summed E-state index contributed by atoms with van der Waals surface area (Å²) in [7, 11) is 2.90. The smallest absolute Gasteiger partial charge is 0.275 e. The molecule has 0 atom stereocenters. The summed E-state index contributed by atoms with van der Waals surface area (Å²) in [6.45, 7) is 1.59. The van der Waals surface area contributed by atoms with Crippen molar-refractivity contribution in [3.8, 4) is 0 Å². The van der Waals surface area contributed by atoms with Crippen LogP contribution in [0.25, 0.3) is 0 Å². The van der Waals surface area contributed by atoms with E-state index in [0.717, 1.165) is 0 Å². The average Bonchev–Trinajstić information content (AvgIpc) is 1.89. The van der Waals surface area contributed by atoms with Crippen molar-refractivity contribution < 1.29 is 9.47 Å². The number of nitrogens with one attached hydrogen (secondary N) is 1. The fraction of sp³-hybridized carbons (Fsp3) is 0.800. The summed E-state index contributed by atoms with van der Waals surface area (Å²) in [6.07, 6.45) is 0. The van der Waals surface area contributed by atoms with Gasteiger partial charge < -0.3 is 9.47 Å². The topological polar surface area (TPSA) is 54.7 Å². The van der Waals surface area contributed by atoms with Crippen LogP contribution in [-0.2, 0) is 9.47 Å². The van der Waals surface area contributed by atoms with Crippen LogP contribution >= 0.6 is 0 Å². The van der Waals surface area contributed by atoms with Gasteiger partial charge in [0.25, 0.3) is 5.91 Å². The van der Waals surface area contributed by atoms with Crippen LogP contribution in [0.3, 0.4) is 0 Å². The Kier molecular flexibility index (Phi) is 3.09. The molecular weight excluding hydrogens is 120 g/mol. The molecular formula is C5H10N2O2. The highest BCUT2D eigenvalue weighted by molar-refractivity contribution is 5.36. The molecule has 0 aliphatic heterocycles. The van der Waals surface area contributed by atoms with Crippen molar-refractivity contribution in [3.63, 3.8) is 0 Å². The fourth-order valence-corrected chi connectivity index (χ4v) is 0.276. The third kappa shape index (κ3) is 2.37. The number of nitrogens with zero attached hydrogens (tertiary/aromatic N) is 1. The minimum Gasteiger partial charge on any atom is -0.335 e. The molecule has 0 unspecified atom stereocenters. The number of rotatable bonds is 3. The van der Waals surface area contributed by atoms with Crippen molar-refractivity contribution in [2.45, 2.75) is 12.8 Å². The van der Waals surface area contributed by atoms with Crippen molar-refractivity contribution in [1.29, 1.82) is 5.41 Å². The van der Waals surface area contributed by atoms with Crippen LogP contribution in [0.4, 0.5) is 0 Å². The molecule has 0 aliphatic carbocycles. The number of hydrogen-bond donors (Lipinski definition) is 1. The first-order valence-corrected chi connectivity index (χ1v) is 2.42. The number of hydrogen-bond acceptors (Lipinski definition) is 4. The molecule has 0 spiro atoms. The molecule has 0 amide bonds. The van der Waals surface area contributed by atoms with Crippen LogP contribution in [0.1, 0.15) is 6.92 Å². The van der Waals surface area contributed by atoms with Gasteiger partial charge in [-0.1, -0.05) is 0 Å². The SMILES string of the molecule is COC(C)(N=C=N)OC. The Bertz CT molecular complexity index is 125. The molecule has 0 saturated carbocycles. The number of ether oxygens (including phenoxy) is 2. The van der Waals surface area contributed by atoms with Crippen molar-refractivity contribution in [3.05, 3.63) is 0 Å². The molecule has 0 fully saturated rings. The summed E-state index contributed by atoms with van der Waals surface area (Å²) in [5.74, 6) is -1.04. The van der Waals surface area contributed by atoms with E-state index in [1.165, 1.54) is 14.2 Å². The van der Waals surface area contributed by atoms with E-state index in [9.17, 15) is 0 Å². The van der Waals surface area contributed by atoms with Crippen molar-refractivity contribution in [2.24, 2.45) is 4.99 Å². The van der Waals surface area contributed by atoms with Gasteiger partial charge in [-0.05, 0) is 0 Å². The van der Waals surface area contributed by atoms with Crippen molar-refractivity contribution >= 4 is 6.01 Å². The van der Waals surface area contributed by atoms with Crippen LogP contribution in [0, 0.1) is 5.41 Å². The highest BCUT2D eigenvalue weighted by Gasteiger charge is 2.19. The molecule has 0 aromatic carbocycles. The Morgan fingerprint density at radius 1 is 1.44 bits per heavy atom. The van der Waals surface area contributed by atoms with E-state index in [2.05, 4.69) is 4.99 Å². The average molecular weight is 130 g/mol. The van der Waals surface area contributed by atoms with E-state index in [1.807, 2.05) is 6.01 Å².